The first kappa shape index (κ1) is 19.7. The number of methoxy groups -OCH3 is 1. The van der Waals surface area contributed by atoms with Gasteiger partial charge in [-0.1, -0.05) is 24.3 Å². The highest BCUT2D eigenvalue weighted by atomic mass is 32.1. The van der Waals surface area contributed by atoms with Gasteiger partial charge in [0.25, 0.3) is 5.91 Å². The minimum absolute atomic E-state index is 0.0220. The van der Waals surface area contributed by atoms with Gasteiger partial charge in [-0.05, 0) is 41.8 Å². The Morgan fingerprint density at radius 1 is 1.06 bits per heavy atom. The molecule has 156 valence electrons. The Labute approximate surface area is 184 Å². The van der Waals surface area contributed by atoms with Crippen LogP contribution in [0.3, 0.4) is 0 Å². The maximum atomic E-state index is 13.5. The third-order valence-electron chi connectivity index (χ3n) is 5.54. The summed E-state index contributed by atoms with van der Waals surface area (Å²) in [5, 5.41) is 2.93. The van der Waals surface area contributed by atoms with Crippen LogP contribution >= 0.6 is 11.3 Å². The van der Waals surface area contributed by atoms with E-state index in [9.17, 15) is 4.79 Å². The van der Waals surface area contributed by atoms with Crippen molar-refractivity contribution in [3.63, 3.8) is 0 Å². The molecule has 0 spiro atoms. The van der Waals surface area contributed by atoms with Crippen LogP contribution in [0, 0.1) is 0 Å². The van der Waals surface area contributed by atoms with Crippen molar-refractivity contribution in [2.24, 2.45) is 0 Å². The summed E-state index contributed by atoms with van der Waals surface area (Å²) < 4.78 is 10.7. The number of morpholine rings is 1. The van der Waals surface area contributed by atoms with Crippen molar-refractivity contribution in [3.05, 3.63) is 71.6 Å². The van der Waals surface area contributed by atoms with Gasteiger partial charge in [0.2, 0.25) is 0 Å². The van der Waals surface area contributed by atoms with Gasteiger partial charge in [-0.15, -0.1) is 11.3 Å². The predicted molar refractivity (Wildman–Crippen MR) is 124 cm³/mol. The molecule has 1 fully saturated rings. The number of benzene rings is 2. The molecular formula is C25H22N2O3S. The van der Waals surface area contributed by atoms with E-state index in [1.54, 1.807) is 18.4 Å². The fourth-order valence-electron chi connectivity index (χ4n) is 3.90. The fraction of sp³-hybridized carbons (Fsp3) is 0.200. The molecule has 0 saturated carbocycles. The maximum absolute atomic E-state index is 13.5. The Bertz CT molecular complexity index is 1210. The molecule has 1 aliphatic rings. The lowest BCUT2D eigenvalue weighted by Crippen LogP contribution is -2.40. The standard InChI is InChI=1S/C25H22N2O3S/c1-29-18-9-7-17(8-10-18)22-16-21(25(28)27-11-13-30-14-12-27)19-4-2-5-20(24(19)26-22)23-6-3-15-31-23/h2-10,15-16H,11-14H2,1H3. The van der Waals surface area contributed by atoms with Crippen LogP contribution in [0.5, 0.6) is 5.75 Å². The van der Waals surface area contributed by atoms with Gasteiger partial charge < -0.3 is 14.4 Å². The van der Waals surface area contributed by atoms with Gasteiger partial charge in [0.1, 0.15) is 5.75 Å². The Kier molecular flexibility index (Phi) is 5.40. The minimum atomic E-state index is 0.0220. The number of carbonyl (C=O) groups excluding carboxylic acids is 1. The third kappa shape index (κ3) is 3.80. The summed E-state index contributed by atoms with van der Waals surface area (Å²) in [4.78, 5) is 21.5. The van der Waals surface area contributed by atoms with Crippen molar-refractivity contribution in [3.8, 4) is 27.4 Å². The van der Waals surface area contributed by atoms with E-state index < -0.39 is 0 Å². The Morgan fingerprint density at radius 2 is 1.87 bits per heavy atom. The van der Waals surface area contributed by atoms with E-state index >= 15 is 0 Å². The van der Waals surface area contributed by atoms with E-state index in [-0.39, 0.29) is 5.91 Å². The molecule has 0 radical (unpaired) electrons. The number of carbonyl (C=O) groups is 1. The molecule has 0 atom stereocenters. The maximum Gasteiger partial charge on any atom is 0.254 e. The topological polar surface area (TPSA) is 51.7 Å². The monoisotopic (exact) mass is 430 g/mol. The molecule has 1 amide bonds. The molecule has 1 aliphatic heterocycles. The molecule has 0 bridgehead atoms. The summed E-state index contributed by atoms with van der Waals surface area (Å²) in [5.41, 5.74) is 4.28. The lowest BCUT2D eigenvalue weighted by Gasteiger charge is -2.27. The minimum Gasteiger partial charge on any atom is -0.497 e. The Balaban J connectivity index is 1.71. The summed E-state index contributed by atoms with van der Waals surface area (Å²) in [6, 6.07) is 19.9. The summed E-state index contributed by atoms with van der Waals surface area (Å²) in [5.74, 6) is 0.808. The van der Waals surface area contributed by atoms with Crippen LogP contribution < -0.4 is 4.74 Å². The normalized spacial score (nSPS) is 14.0. The number of amides is 1. The number of rotatable bonds is 4. The third-order valence-corrected chi connectivity index (χ3v) is 6.44. The van der Waals surface area contributed by atoms with Crippen molar-refractivity contribution < 1.29 is 14.3 Å². The Morgan fingerprint density at radius 3 is 2.58 bits per heavy atom. The summed E-state index contributed by atoms with van der Waals surface area (Å²) >= 11 is 1.67. The van der Waals surface area contributed by atoms with Crippen molar-refractivity contribution in [2.75, 3.05) is 33.4 Å². The first-order valence-electron chi connectivity index (χ1n) is 10.2. The zero-order valence-electron chi connectivity index (χ0n) is 17.2. The number of thiophene rings is 1. The van der Waals surface area contributed by atoms with Crippen LogP contribution in [0.4, 0.5) is 0 Å². The first-order valence-corrected chi connectivity index (χ1v) is 11.1. The van der Waals surface area contributed by atoms with Gasteiger partial charge in [0.15, 0.2) is 0 Å². The SMILES string of the molecule is COc1ccc(-c2cc(C(=O)N3CCOCC3)c3cccc(-c4cccs4)c3n2)cc1. The molecule has 3 heterocycles. The molecule has 2 aromatic carbocycles. The second-order valence-corrected chi connectivity index (χ2v) is 8.31. The smallest absolute Gasteiger partial charge is 0.254 e. The highest BCUT2D eigenvalue weighted by Gasteiger charge is 2.23. The summed E-state index contributed by atoms with van der Waals surface area (Å²) in [7, 11) is 1.65. The number of nitrogens with zero attached hydrogens (tertiary/aromatic N) is 2. The number of hydrogen-bond donors (Lipinski definition) is 0. The summed E-state index contributed by atoms with van der Waals surface area (Å²) in [6.07, 6.45) is 0. The number of aromatic nitrogens is 1. The van der Waals surface area contributed by atoms with Gasteiger partial charge in [-0.25, -0.2) is 4.98 Å². The highest BCUT2D eigenvalue weighted by Crippen LogP contribution is 2.35. The second-order valence-electron chi connectivity index (χ2n) is 7.37. The quantitative estimate of drug-likeness (QED) is 0.451. The van der Waals surface area contributed by atoms with Gasteiger partial charge >= 0.3 is 0 Å². The highest BCUT2D eigenvalue weighted by molar-refractivity contribution is 7.13. The van der Waals surface area contributed by atoms with E-state index in [1.807, 2.05) is 53.4 Å². The molecule has 0 aliphatic carbocycles. The Hall–Kier alpha value is -3.22. The van der Waals surface area contributed by atoms with E-state index in [0.717, 1.165) is 38.4 Å². The van der Waals surface area contributed by atoms with Gasteiger partial charge in [-0.2, -0.15) is 0 Å². The lowest BCUT2D eigenvalue weighted by atomic mass is 9.99. The van der Waals surface area contributed by atoms with Crippen molar-refractivity contribution in [2.45, 2.75) is 0 Å². The van der Waals surface area contributed by atoms with E-state index in [2.05, 4.69) is 17.5 Å². The van der Waals surface area contributed by atoms with Crippen molar-refractivity contribution in [1.29, 1.82) is 0 Å². The average Bonchev–Trinajstić information content (AvgIpc) is 3.38. The molecule has 2 aromatic heterocycles. The van der Waals surface area contributed by atoms with Crippen molar-refractivity contribution in [1.82, 2.24) is 9.88 Å². The average molecular weight is 431 g/mol. The zero-order chi connectivity index (χ0) is 21.2. The van der Waals surface area contributed by atoms with Crippen LogP contribution in [-0.4, -0.2) is 49.2 Å². The van der Waals surface area contributed by atoms with Gasteiger partial charge in [0.05, 0.1) is 37.1 Å². The lowest BCUT2D eigenvalue weighted by molar-refractivity contribution is 0.0304. The van der Waals surface area contributed by atoms with E-state index in [1.165, 1.54) is 0 Å². The molecule has 1 saturated heterocycles. The molecule has 5 nitrogen and oxygen atoms in total. The van der Waals surface area contributed by atoms with Crippen LogP contribution in [0.15, 0.2) is 66.0 Å². The molecule has 0 N–H and O–H groups in total. The number of hydrogen-bond acceptors (Lipinski definition) is 5. The molecule has 5 rings (SSSR count). The second kappa shape index (κ2) is 8.49. The molecule has 6 heteroatoms. The largest absolute Gasteiger partial charge is 0.497 e. The molecule has 31 heavy (non-hydrogen) atoms. The number of para-hydroxylation sites is 1. The van der Waals surface area contributed by atoms with E-state index in [0.29, 0.717) is 31.9 Å². The molecule has 4 aromatic rings. The fourth-order valence-corrected chi connectivity index (χ4v) is 4.66. The zero-order valence-corrected chi connectivity index (χ0v) is 18.0. The van der Waals surface area contributed by atoms with Gasteiger partial charge in [-0.3, -0.25) is 4.79 Å². The van der Waals surface area contributed by atoms with Crippen LogP contribution in [0.25, 0.3) is 32.6 Å². The number of fused-ring (bicyclic) bond motifs is 1. The molecule has 0 unspecified atom stereocenters. The van der Waals surface area contributed by atoms with Crippen LogP contribution in [0.2, 0.25) is 0 Å². The number of pyridine rings is 1. The van der Waals surface area contributed by atoms with Crippen LogP contribution in [-0.2, 0) is 4.74 Å². The van der Waals surface area contributed by atoms with Crippen molar-refractivity contribution >= 4 is 28.1 Å². The number of ether oxygens (including phenoxy) is 2. The first-order chi connectivity index (χ1) is 15.2. The molecular weight excluding hydrogens is 408 g/mol. The predicted octanol–water partition coefficient (Wildman–Crippen LogP) is 5.11. The van der Waals surface area contributed by atoms with E-state index in [4.69, 9.17) is 14.5 Å². The summed E-state index contributed by atoms with van der Waals surface area (Å²) in [6.45, 7) is 2.34. The van der Waals surface area contributed by atoms with Crippen LogP contribution in [0.1, 0.15) is 10.4 Å². The van der Waals surface area contributed by atoms with Gasteiger partial charge in [0, 0.05) is 34.5 Å².